The van der Waals surface area contributed by atoms with Crippen molar-refractivity contribution in [1.29, 1.82) is 0 Å². The van der Waals surface area contributed by atoms with Gasteiger partial charge in [0.05, 0.1) is 4.90 Å². The lowest BCUT2D eigenvalue weighted by molar-refractivity contribution is -0.116. The molecule has 0 saturated carbocycles. The topological polar surface area (TPSA) is 74.3 Å². The molecule has 0 bridgehead atoms. The number of benzene rings is 1. The third-order valence-corrected chi connectivity index (χ3v) is 7.17. The van der Waals surface area contributed by atoms with E-state index in [2.05, 4.69) is 27.7 Å². The zero-order chi connectivity index (χ0) is 18.2. The van der Waals surface area contributed by atoms with Crippen LogP contribution in [-0.4, -0.2) is 35.0 Å². The Morgan fingerprint density at radius 1 is 1.09 bits per heavy atom. The molecule has 0 aromatic heterocycles. The smallest absolute Gasteiger partial charge is 0.181 e. The van der Waals surface area contributed by atoms with Gasteiger partial charge in [-0.15, -0.1) is 0 Å². The Morgan fingerprint density at radius 2 is 1.52 bits per heavy atom. The summed E-state index contributed by atoms with van der Waals surface area (Å²) in [7, 11) is -3.98. The molecule has 0 aliphatic heterocycles. The van der Waals surface area contributed by atoms with Crippen LogP contribution in [0.15, 0.2) is 29.2 Å². The summed E-state index contributed by atoms with van der Waals surface area (Å²) in [6.07, 6.45) is 0.697. The van der Waals surface area contributed by atoms with E-state index < -0.39 is 10.1 Å². The van der Waals surface area contributed by atoms with Crippen LogP contribution < -0.4 is 0 Å². The second kappa shape index (κ2) is 10.1. The maximum Gasteiger partial charge on any atom is 0.181 e. The van der Waals surface area contributed by atoms with E-state index in [1.807, 2.05) is 13.8 Å². The van der Waals surface area contributed by atoms with Crippen molar-refractivity contribution in [3.63, 3.8) is 0 Å². The normalized spacial score (nSPS) is 11.6. The van der Waals surface area contributed by atoms with Gasteiger partial charge in [-0.2, -0.15) is 0 Å². The standard InChI is InChI=1S/C10H21OS.C7H8O3S/c1-6-10(11)7-12(8(2)3)9(4)5;1-6-2-4-7(5-3-6)11(8,9)10/h8-9H,6-7H2,1-5H3;2-5H,1H3,(H,8,9,10)/q+1;/p-1. The zero-order valence-corrected chi connectivity index (χ0v) is 16.5. The summed E-state index contributed by atoms with van der Waals surface area (Å²) in [4.78, 5) is 11.1. The monoisotopic (exact) mass is 360 g/mol. The van der Waals surface area contributed by atoms with Crippen molar-refractivity contribution in [2.24, 2.45) is 0 Å². The maximum atomic E-state index is 11.2. The van der Waals surface area contributed by atoms with E-state index in [0.29, 0.717) is 33.6 Å². The molecule has 132 valence electrons. The predicted octanol–water partition coefficient (Wildman–Crippen LogP) is 3.30. The molecule has 0 atom stereocenters. The molecule has 0 spiro atoms. The Balaban J connectivity index is 0.000000422. The minimum atomic E-state index is -4.27. The second-order valence-electron chi connectivity index (χ2n) is 5.87. The lowest BCUT2D eigenvalue weighted by Gasteiger charge is -2.14. The van der Waals surface area contributed by atoms with Crippen LogP contribution >= 0.6 is 0 Å². The van der Waals surface area contributed by atoms with E-state index in [9.17, 15) is 17.8 Å². The van der Waals surface area contributed by atoms with E-state index >= 15 is 0 Å². The molecule has 1 rings (SSSR count). The fraction of sp³-hybridized carbons (Fsp3) is 0.588. The van der Waals surface area contributed by atoms with Crippen molar-refractivity contribution >= 4 is 26.8 Å². The van der Waals surface area contributed by atoms with Crippen LogP contribution in [0.2, 0.25) is 0 Å². The first-order valence-corrected chi connectivity index (χ1v) is 10.6. The third kappa shape index (κ3) is 9.13. The van der Waals surface area contributed by atoms with Crippen LogP contribution in [0.5, 0.6) is 0 Å². The van der Waals surface area contributed by atoms with E-state index in [1.165, 1.54) is 12.1 Å². The highest BCUT2D eigenvalue weighted by molar-refractivity contribution is 7.98. The van der Waals surface area contributed by atoms with Crippen LogP contribution in [0.3, 0.4) is 0 Å². The molecule has 0 unspecified atom stereocenters. The molecule has 0 fully saturated rings. The zero-order valence-electron chi connectivity index (χ0n) is 14.8. The van der Waals surface area contributed by atoms with Gasteiger partial charge in [-0.05, 0) is 57.6 Å². The number of carbonyl (C=O) groups excluding carboxylic acids is 1. The Kier molecular flexibility index (Phi) is 9.73. The molecule has 0 radical (unpaired) electrons. The minimum Gasteiger partial charge on any atom is -0.744 e. The summed E-state index contributed by atoms with van der Waals surface area (Å²) < 4.78 is 31.2. The highest BCUT2D eigenvalue weighted by atomic mass is 32.2. The molecule has 23 heavy (non-hydrogen) atoms. The van der Waals surface area contributed by atoms with E-state index in [1.54, 1.807) is 12.1 Å². The molecule has 0 aliphatic carbocycles. The Morgan fingerprint density at radius 3 is 1.83 bits per heavy atom. The van der Waals surface area contributed by atoms with Crippen LogP contribution in [0.4, 0.5) is 0 Å². The van der Waals surface area contributed by atoms with Crippen molar-refractivity contribution in [3.8, 4) is 0 Å². The van der Waals surface area contributed by atoms with Crippen molar-refractivity contribution < 1.29 is 17.8 Å². The molecular formula is C17H28O4S2. The minimum absolute atomic E-state index is 0.178. The third-order valence-electron chi connectivity index (χ3n) is 3.24. The molecule has 0 heterocycles. The van der Waals surface area contributed by atoms with E-state index in [-0.39, 0.29) is 4.90 Å². The summed E-state index contributed by atoms with van der Waals surface area (Å²) in [6.45, 7) is 12.6. The Labute approximate surface area is 143 Å². The summed E-state index contributed by atoms with van der Waals surface area (Å²) in [5, 5.41) is 1.31. The summed E-state index contributed by atoms with van der Waals surface area (Å²) in [6, 6.07) is 5.78. The average Bonchev–Trinajstić information content (AvgIpc) is 2.43. The van der Waals surface area contributed by atoms with Gasteiger partial charge in [0.1, 0.15) is 20.6 Å². The van der Waals surface area contributed by atoms with Gasteiger partial charge in [0, 0.05) is 6.42 Å². The van der Waals surface area contributed by atoms with Gasteiger partial charge in [0.25, 0.3) is 0 Å². The van der Waals surface area contributed by atoms with Gasteiger partial charge >= 0.3 is 0 Å². The van der Waals surface area contributed by atoms with Gasteiger partial charge in [-0.1, -0.05) is 24.6 Å². The fourth-order valence-corrected chi connectivity index (χ4v) is 4.67. The first kappa shape index (κ1) is 22.1. The fourth-order valence-electron chi connectivity index (χ4n) is 1.87. The predicted molar refractivity (Wildman–Crippen MR) is 96.9 cm³/mol. The largest absolute Gasteiger partial charge is 0.744 e. The molecule has 0 aliphatic rings. The van der Waals surface area contributed by atoms with Gasteiger partial charge in [0.15, 0.2) is 11.5 Å². The van der Waals surface area contributed by atoms with Crippen LogP contribution in [-0.2, 0) is 25.8 Å². The molecule has 4 nitrogen and oxygen atoms in total. The highest BCUT2D eigenvalue weighted by Gasteiger charge is 2.28. The van der Waals surface area contributed by atoms with Crippen LogP contribution in [0, 0.1) is 6.92 Å². The number of rotatable bonds is 6. The lowest BCUT2D eigenvalue weighted by Crippen LogP contribution is -2.31. The molecule has 0 saturated heterocycles. The van der Waals surface area contributed by atoms with Crippen molar-refractivity contribution in [1.82, 2.24) is 0 Å². The van der Waals surface area contributed by atoms with Gasteiger partial charge in [-0.3, -0.25) is 4.79 Å². The van der Waals surface area contributed by atoms with Gasteiger partial charge in [-0.25, -0.2) is 8.42 Å². The number of carbonyl (C=O) groups is 1. The second-order valence-corrected chi connectivity index (χ2v) is 10.4. The first-order chi connectivity index (χ1) is 10.5. The molecule has 6 heteroatoms. The Bertz CT molecular complexity index is 567. The number of Topliss-reactive ketones (excluding diaryl/α,β-unsaturated/α-hetero) is 1. The summed E-state index contributed by atoms with van der Waals surface area (Å²) >= 11 is 0. The maximum absolute atomic E-state index is 11.2. The van der Waals surface area contributed by atoms with Crippen molar-refractivity contribution in [2.75, 3.05) is 5.75 Å². The molecule has 0 amide bonds. The summed E-state index contributed by atoms with van der Waals surface area (Å²) in [5.41, 5.74) is 0.928. The van der Waals surface area contributed by atoms with Crippen molar-refractivity contribution in [3.05, 3.63) is 29.8 Å². The molecule has 1 aromatic rings. The molecule has 1 aromatic carbocycles. The molecular weight excluding hydrogens is 332 g/mol. The molecule has 0 N–H and O–H groups in total. The SMILES string of the molecule is CCC(=O)C[S+](C(C)C)C(C)C.Cc1ccc(S(=O)(=O)[O-])cc1. The number of ketones is 1. The van der Waals surface area contributed by atoms with Crippen molar-refractivity contribution in [2.45, 2.75) is 63.4 Å². The average molecular weight is 361 g/mol. The summed E-state index contributed by atoms with van der Waals surface area (Å²) in [5.74, 6) is 1.21. The highest BCUT2D eigenvalue weighted by Crippen LogP contribution is 2.13. The lowest BCUT2D eigenvalue weighted by atomic mass is 10.2. The van der Waals surface area contributed by atoms with Crippen LogP contribution in [0.25, 0.3) is 0 Å². The Hall–Kier alpha value is -0.850. The van der Waals surface area contributed by atoms with E-state index in [4.69, 9.17) is 0 Å². The number of hydrogen-bond donors (Lipinski definition) is 0. The first-order valence-electron chi connectivity index (χ1n) is 7.71. The quantitative estimate of drug-likeness (QED) is 0.576. The van der Waals surface area contributed by atoms with Gasteiger partial charge in [0.2, 0.25) is 0 Å². The number of hydrogen-bond acceptors (Lipinski definition) is 4. The van der Waals surface area contributed by atoms with Gasteiger partial charge < -0.3 is 4.55 Å². The van der Waals surface area contributed by atoms with E-state index in [0.717, 1.165) is 11.3 Å². The number of aryl methyl sites for hydroxylation is 1. The van der Waals surface area contributed by atoms with Crippen LogP contribution in [0.1, 0.15) is 46.6 Å².